The van der Waals surface area contributed by atoms with Gasteiger partial charge >= 0.3 is 0 Å². The molecule has 0 fully saturated rings. The van der Waals surface area contributed by atoms with Crippen LogP contribution in [-0.2, 0) is 11.3 Å². The van der Waals surface area contributed by atoms with E-state index < -0.39 is 0 Å². The van der Waals surface area contributed by atoms with Gasteiger partial charge in [-0.3, -0.25) is 4.79 Å². The first-order valence-electron chi connectivity index (χ1n) is 5.56. The van der Waals surface area contributed by atoms with E-state index >= 15 is 0 Å². The van der Waals surface area contributed by atoms with Gasteiger partial charge in [0.05, 0.1) is 0 Å². The van der Waals surface area contributed by atoms with Crippen molar-refractivity contribution in [3.63, 3.8) is 0 Å². The number of hydrogen-bond donors (Lipinski definition) is 2. The van der Waals surface area contributed by atoms with Gasteiger partial charge in [-0.05, 0) is 34.0 Å². The molecule has 7 nitrogen and oxygen atoms in total. The van der Waals surface area contributed by atoms with Gasteiger partial charge in [-0.25, -0.2) is 9.67 Å². The molecule has 0 aliphatic carbocycles. The smallest absolute Gasteiger partial charge is 0.242 e. The zero-order valence-electron chi connectivity index (χ0n) is 10.6. The Morgan fingerprint density at radius 1 is 1.65 bits per heavy atom. The Morgan fingerprint density at radius 2 is 2.35 bits per heavy atom. The third-order valence-corrected chi connectivity index (χ3v) is 2.28. The van der Waals surface area contributed by atoms with Crippen LogP contribution >= 0.6 is 0 Å². The van der Waals surface area contributed by atoms with Crippen molar-refractivity contribution in [3.8, 4) is 0 Å². The molecule has 0 saturated carbocycles. The summed E-state index contributed by atoms with van der Waals surface area (Å²) in [5.74, 6) is 0.0969. The Labute approximate surface area is 101 Å². The highest BCUT2D eigenvalue weighted by molar-refractivity contribution is 5.75. The monoisotopic (exact) mass is 240 g/mol. The van der Waals surface area contributed by atoms with Crippen molar-refractivity contribution >= 4 is 11.9 Å². The molecule has 0 aliphatic rings. The van der Waals surface area contributed by atoms with Gasteiger partial charge in [-0.15, -0.1) is 5.10 Å². The quantitative estimate of drug-likeness (QED) is 0.687. The van der Waals surface area contributed by atoms with Crippen LogP contribution in [0.1, 0.15) is 13.3 Å². The number of amides is 1. The van der Waals surface area contributed by atoms with Gasteiger partial charge in [0.15, 0.2) is 0 Å². The Kier molecular flexibility index (Phi) is 4.89. The van der Waals surface area contributed by atoms with E-state index in [1.807, 2.05) is 21.0 Å². The van der Waals surface area contributed by atoms with E-state index in [1.54, 1.807) is 0 Å². The second-order valence-corrected chi connectivity index (χ2v) is 4.36. The molecule has 1 atom stereocenters. The lowest BCUT2D eigenvalue weighted by Gasteiger charge is -2.16. The van der Waals surface area contributed by atoms with E-state index in [1.165, 1.54) is 11.0 Å². The number of nitrogen functional groups attached to an aromatic ring is 1. The largest absolute Gasteiger partial charge is 0.367 e. The molecule has 0 aliphatic heterocycles. The Hall–Kier alpha value is -1.63. The van der Waals surface area contributed by atoms with E-state index in [2.05, 4.69) is 20.3 Å². The van der Waals surface area contributed by atoms with E-state index in [0.29, 0.717) is 0 Å². The Bertz CT molecular complexity index is 361. The maximum atomic E-state index is 11.6. The normalized spacial score (nSPS) is 12.7. The number of carbonyl (C=O) groups is 1. The summed E-state index contributed by atoms with van der Waals surface area (Å²) in [5, 5.41) is 6.74. The average Bonchev–Trinajstić information content (AvgIpc) is 2.60. The molecule has 17 heavy (non-hydrogen) atoms. The van der Waals surface area contributed by atoms with E-state index in [0.717, 1.165) is 13.0 Å². The summed E-state index contributed by atoms with van der Waals surface area (Å²) in [6.07, 6.45) is 2.36. The molecule has 0 radical (unpaired) electrons. The number of nitrogens with two attached hydrogens (primary N) is 1. The first-order valence-corrected chi connectivity index (χ1v) is 5.56. The van der Waals surface area contributed by atoms with Crippen molar-refractivity contribution in [2.75, 3.05) is 26.4 Å². The fourth-order valence-corrected chi connectivity index (χ4v) is 1.38. The van der Waals surface area contributed by atoms with Crippen LogP contribution in [0.25, 0.3) is 0 Å². The second-order valence-electron chi connectivity index (χ2n) is 4.36. The second kappa shape index (κ2) is 6.19. The zero-order chi connectivity index (χ0) is 12.8. The van der Waals surface area contributed by atoms with Crippen LogP contribution in [0.2, 0.25) is 0 Å². The van der Waals surface area contributed by atoms with Gasteiger partial charge < -0.3 is 16.0 Å². The van der Waals surface area contributed by atoms with Crippen LogP contribution in [0.15, 0.2) is 6.33 Å². The fraction of sp³-hybridized carbons (Fsp3) is 0.700. The van der Waals surface area contributed by atoms with Crippen molar-refractivity contribution in [2.45, 2.75) is 25.9 Å². The zero-order valence-corrected chi connectivity index (χ0v) is 10.6. The summed E-state index contributed by atoms with van der Waals surface area (Å²) in [4.78, 5) is 17.5. The molecule has 1 aromatic heterocycles. The lowest BCUT2D eigenvalue weighted by molar-refractivity contribution is -0.122. The van der Waals surface area contributed by atoms with E-state index in [4.69, 9.17) is 5.73 Å². The highest BCUT2D eigenvalue weighted by Crippen LogP contribution is 1.94. The fourth-order valence-electron chi connectivity index (χ4n) is 1.38. The van der Waals surface area contributed by atoms with Gasteiger partial charge in [0, 0.05) is 6.04 Å². The maximum Gasteiger partial charge on any atom is 0.242 e. The number of rotatable bonds is 6. The van der Waals surface area contributed by atoms with E-state index in [-0.39, 0.29) is 24.4 Å². The molecule has 1 heterocycles. The van der Waals surface area contributed by atoms with Crippen LogP contribution in [0.4, 0.5) is 5.95 Å². The molecule has 1 amide bonds. The summed E-state index contributed by atoms with van der Waals surface area (Å²) in [6, 6.07) is 0.144. The standard InChI is InChI=1S/C10H20N6O/c1-8(4-5-15(2)3)13-9(17)6-16-7-12-10(11)14-16/h7-8H,4-6H2,1-3H3,(H2,11,14)(H,13,17). The maximum absolute atomic E-state index is 11.6. The van der Waals surface area contributed by atoms with Crippen LogP contribution < -0.4 is 11.1 Å². The summed E-state index contributed by atoms with van der Waals surface area (Å²) in [6.45, 7) is 3.07. The van der Waals surface area contributed by atoms with Crippen molar-refractivity contribution < 1.29 is 4.79 Å². The predicted octanol–water partition coefficient (Wildman–Crippen LogP) is -0.683. The molecule has 7 heteroatoms. The minimum Gasteiger partial charge on any atom is -0.367 e. The average molecular weight is 240 g/mol. The molecule has 1 aromatic rings. The number of nitrogens with one attached hydrogen (secondary N) is 1. The third-order valence-electron chi connectivity index (χ3n) is 2.28. The van der Waals surface area contributed by atoms with Gasteiger partial charge in [0.1, 0.15) is 12.9 Å². The number of nitrogens with zero attached hydrogens (tertiary/aromatic N) is 4. The molecule has 96 valence electrons. The molecule has 0 aromatic carbocycles. The third kappa shape index (κ3) is 5.30. The van der Waals surface area contributed by atoms with Crippen molar-refractivity contribution in [1.82, 2.24) is 25.0 Å². The first-order chi connectivity index (χ1) is 7.97. The van der Waals surface area contributed by atoms with E-state index in [9.17, 15) is 4.79 Å². The predicted molar refractivity (Wildman–Crippen MR) is 65.2 cm³/mol. The lowest BCUT2D eigenvalue weighted by Crippen LogP contribution is -2.36. The van der Waals surface area contributed by atoms with Gasteiger partial charge in [-0.2, -0.15) is 0 Å². The minimum atomic E-state index is -0.0823. The molecular weight excluding hydrogens is 220 g/mol. The molecule has 0 bridgehead atoms. The minimum absolute atomic E-state index is 0.0823. The van der Waals surface area contributed by atoms with Crippen LogP contribution in [0, 0.1) is 0 Å². The molecule has 0 spiro atoms. The van der Waals surface area contributed by atoms with Crippen LogP contribution in [0.3, 0.4) is 0 Å². The summed E-state index contributed by atoms with van der Waals surface area (Å²) in [7, 11) is 4.01. The number of carbonyl (C=O) groups excluding carboxylic acids is 1. The lowest BCUT2D eigenvalue weighted by atomic mass is 10.2. The van der Waals surface area contributed by atoms with Crippen LogP contribution in [0.5, 0.6) is 0 Å². The number of aromatic nitrogens is 3. The van der Waals surface area contributed by atoms with Crippen LogP contribution in [-0.4, -0.2) is 52.3 Å². The molecule has 1 rings (SSSR count). The summed E-state index contributed by atoms with van der Waals surface area (Å²) >= 11 is 0. The molecular formula is C10H20N6O. The number of anilines is 1. The van der Waals surface area contributed by atoms with Crippen molar-refractivity contribution in [2.24, 2.45) is 0 Å². The topological polar surface area (TPSA) is 89.1 Å². The molecule has 3 N–H and O–H groups in total. The van der Waals surface area contributed by atoms with Gasteiger partial charge in [0.2, 0.25) is 11.9 Å². The highest BCUT2D eigenvalue weighted by Gasteiger charge is 2.09. The first kappa shape index (κ1) is 13.4. The summed E-state index contributed by atoms with van der Waals surface area (Å²) < 4.78 is 1.42. The van der Waals surface area contributed by atoms with Crippen molar-refractivity contribution in [3.05, 3.63) is 6.33 Å². The summed E-state index contributed by atoms with van der Waals surface area (Å²) in [5.41, 5.74) is 5.36. The Morgan fingerprint density at radius 3 is 2.88 bits per heavy atom. The van der Waals surface area contributed by atoms with Gasteiger partial charge in [0.25, 0.3) is 0 Å². The SMILES string of the molecule is CC(CCN(C)C)NC(=O)Cn1cnc(N)n1. The van der Waals surface area contributed by atoms with Gasteiger partial charge in [-0.1, -0.05) is 0 Å². The number of hydrogen-bond acceptors (Lipinski definition) is 5. The molecule has 0 saturated heterocycles. The van der Waals surface area contributed by atoms with Crippen molar-refractivity contribution in [1.29, 1.82) is 0 Å². The highest BCUT2D eigenvalue weighted by atomic mass is 16.2. The Balaban J connectivity index is 2.29. The molecule has 1 unspecified atom stereocenters.